The molecular weight excluding hydrogens is 464 g/mol. The van der Waals surface area contributed by atoms with Crippen molar-refractivity contribution in [3.63, 3.8) is 0 Å². The summed E-state index contributed by atoms with van der Waals surface area (Å²) in [5, 5.41) is 31.2. The highest BCUT2D eigenvalue weighted by Crippen LogP contribution is 2.44. The molecule has 2 aliphatic rings. The van der Waals surface area contributed by atoms with E-state index in [1.54, 1.807) is 19.1 Å². The molecule has 1 saturated heterocycles. The van der Waals surface area contributed by atoms with Crippen molar-refractivity contribution in [2.75, 3.05) is 18.1 Å². The second-order valence-electron chi connectivity index (χ2n) is 7.48. The first-order chi connectivity index (χ1) is 16.3. The number of benzene rings is 2. The number of rotatable bonds is 4. The minimum atomic E-state index is -1.15. The Bertz CT molecular complexity index is 1380. The maximum Gasteiger partial charge on any atom is 0.301 e. The van der Waals surface area contributed by atoms with Crippen molar-refractivity contribution in [3.8, 4) is 11.5 Å². The standard InChI is InChI=1S/C22H16N4O7S/c1-11-23-24-22(34-11)25-18(12-3-2-4-14(9-12)26(30)31)17(20(28)21(25)29)19(27)13-5-6-15-16(10-13)33-8-7-32-15/h2-6,9-10,18,27H,7-8H2,1H3/b19-17+/t18-/m1/s1. The highest BCUT2D eigenvalue weighted by Gasteiger charge is 2.48. The number of carbonyl (C=O) groups is 2. The number of ketones is 1. The molecule has 34 heavy (non-hydrogen) atoms. The zero-order valence-electron chi connectivity index (χ0n) is 17.6. The largest absolute Gasteiger partial charge is 0.507 e. The van der Waals surface area contributed by atoms with E-state index in [0.717, 1.165) is 16.2 Å². The maximum absolute atomic E-state index is 13.2. The van der Waals surface area contributed by atoms with Crippen LogP contribution in [-0.2, 0) is 9.59 Å². The van der Waals surface area contributed by atoms with Crippen molar-refractivity contribution in [2.45, 2.75) is 13.0 Å². The number of carbonyl (C=O) groups excluding carboxylic acids is 2. The lowest BCUT2D eigenvalue weighted by molar-refractivity contribution is -0.384. The summed E-state index contributed by atoms with van der Waals surface area (Å²) in [6, 6.07) is 9.04. The number of Topliss-reactive ketones (excluding diaryl/α,β-unsaturated/α-hetero) is 1. The number of aliphatic hydroxyl groups is 1. The van der Waals surface area contributed by atoms with Crippen LogP contribution in [0, 0.1) is 17.0 Å². The van der Waals surface area contributed by atoms with Gasteiger partial charge in [-0.1, -0.05) is 23.5 Å². The first kappa shape index (κ1) is 21.5. The average molecular weight is 480 g/mol. The van der Waals surface area contributed by atoms with Crippen molar-refractivity contribution in [3.05, 3.63) is 74.3 Å². The van der Waals surface area contributed by atoms with Crippen LogP contribution in [0.15, 0.2) is 48.0 Å². The number of fused-ring (bicyclic) bond motifs is 1. The van der Waals surface area contributed by atoms with Gasteiger partial charge in [0.15, 0.2) is 11.5 Å². The molecule has 1 fully saturated rings. The van der Waals surface area contributed by atoms with Gasteiger partial charge in [-0.3, -0.25) is 24.6 Å². The number of aromatic nitrogens is 2. The summed E-state index contributed by atoms with van der Waals surface area (Å²) in [7, 11) is 0. The molecule has 172 valence electrons. The molecule has 2 aromatic carbocycles. The molecule has 0 saturated carbocycles. The number of nitro benzene ring substituents is 1. The van der Waals surface area contributed by atoms with Gasteiger partial charge < -0.3 is 14.6 Å². The second-order valence-corrected chi connectivity index (χ2v) is 8.64. The topological polar surface area (TPSA) is 145 Å². The van der Waals surface area contributed by atoms with Crippen molar-refractivity contribution in [1.29, 1.82) is 0 Å². The van der Waals surface area contributed by atoms with Crippen LogP contribution in [0.2, 0.25) is 0 Å². The number of nitrogens with zero attached hydrogens (tertiary/aromatic N) is 4. The Morgan fingerprint density at radius 3 is 2.62 bits per heavy atom. The fourth-order valence-corrected chi connectivity index (χ4v) is 4.60. The van der Waals surface area contributed by atoms with Crippen LogP contribution in [0.1, 0.15) is 22.2 Å². The predicted octanol–water partition coefficient (Wildman–Crippen LogP) is 3.15. The highest BCUT2D eigenvalue weighted by molar-refractivity contribution is 7.15. The number of amides is 1. The van der Waals surface area contributed by atoms with Crippen molar-refractivity contribution >= 4 is 39.6 Å². The molecule has 1 amide bonds. The van der Waals surface area contributed by atoms with Crippen LogP contribution in [0.25, 0.3) is 5.76 Å². The maximum atomic E-state index is 13.2. The lowest BCUT2D eigenvalue weighted by Crippen LogP contribution is -2.29. The van der Waals surface area contributed by atoms with Gasteiger partial charge in [-0.2, -0.15) is 0 Å². The van der Waals surface area contributed by atoms with Crippen LogP contribution < -0.4 is 14.4 Å². The summed E-state index contributed by atoms with van der Waals surface area (Å²) in [5.74, 6) is -1.45. The molecule has 0 bridgehead atoms. The molecule has 0 unspecified atom stereocenters. The first-order valence-electron chi connectivity index (χ1n) is 10.1. The van der Waals surface area contributed by atoms with Gasteiger partial charge in [0, 0.05) is 17.7 Å². The molecular formula is C22H16N4O7S. The minimum Gasteiger partial charge on any atom is -0.507 e. The Balaban J connectivity index is 1.71. The van der Waals surface area contributed by atoms with E-state index in [0.29, 0.717) is 29.7 Å². The number of anilines is 1. The number of hydrogen-bond acceptors (Lipinski definition) is 10. The zero-order valence-corrected chi connectivity index (χ0v) is 18.4. The van der Waals surface area contributed by atoms with E-state index in [4.69, 9.17) is 9.47 Å². The Hall–Kier alpha value is -4.32. The van der Waals surface area contributed by atoms with Gasteiger partial charge in [0.25, 0.3) is 11.5 Å². The molecule has 0 spiro atoms. The molecule has 0 radical (unpaired) electrons. The van der Waals surface area contributed by atoms with E-state index in [9.17, 15) is 24.8 Å². The Morgan fingerprint density at radius 2 is 1.91 bits per heavy atom. The minimum absolute atomic E-state index is 0.136. The Kier molecular flexibility index (Phi) is 5.21. The van der Waals surface area contributed by atoms with Gasteiger partial charge in [0.1, 0.15) is 24.0 Å². The van der Waals surface area contributed by atoms with Crippen LogP contribution in [-0.4, -0.2) is 45.1 Å². The molecule has 11 nitrogen and oxygen atoms in total. The third kappa shape index (κ3) is 3.53. The average Bonchev–Trinajstić information content (AvgIpc) is 3.38. The number of non-ortho nitro benzene ring substituents is 1. The van der Waals surface area contributed by atoms with E-state index in [2.05, 4.69) is 10.2 Å². The monoisotopic (exact) mass is 480 g/mol. The second kappa shape index (κ2) is 8.23. The molecule has 12 heteroatoms. The van der Waals surface area contributed by atoms with Gasteiger partial charge in [0.05, 0.1) is 16.5 Å². The van der Waals surface area contributed by atoms with Gasteiger partial charge in [-0.25, -0.2) is 0 Å². The fourth-order valence-electron chi connectivity index (χ4n) is 3.88. The van der Waals surface area contributed by atoms with Gasteiger partial charge in [-0.15, -0.1) is 10.2 Å². The van der Waals surface area contributed by atoms with Gasteiger partial charge >= 0.3 is 5.91 Å². The summed E-state index contributed by atoms with van der Waals surface area (Å²) in [6.45, 7) is 2.40. The molecule has 1 N–H and O–H groups in total. The van der Waals surface area contributed by atoms with Crippen molar-refractivity contribution in [1.82, 2.24) is 10.2 Å². The molecule has 1 aromatic heterocycles. The summed E-state index contributed by atoms with van der Waals surface area (Å²) in [6.07, 6.45) is 0. The third-order valence-electron chi connectivity index (χ3n) is 5.38. The zero-order chi connectivity index (χ0) is 24.0. The van der Waals surface area contributed by atoms with Crippen LogP contribution in [0.5, 0.6) is 11.5 Å². The molecule has 3 heterocycles. The third-order valence-corrected chi connectivity index (χ3v) is 6.22. The number of nitro groups is 1. The van der Waals surface area contributed by atoms with Crippen LogP contribution in [0.3, 0.4) is 0 Å². The highest BCUT2D eigenvalue weighted by atomic mass is 32.1. The quantitative estimate of drug-likeness (QED) is 0.196. The number of ether oxygens (including phenoxy) is 2. The SMILES string of the molecule is Cc1nnc(N2C(=O)C(=O)/C(=C(/O)c3ccc4c(c3)OCCO4)[C@H]2c2cccc([N+](=O)[O-])c2)s1. The molecule has 0 aliphatic carbocycles. The molecule has 3 aromatic rings. The van der Waals surface area contributed by atoms with Crippen molar-refractivity contribution < 1.29 is 29.1 Å². The van der Waals surface area contributed by atoms with Gasteiger partial charge in [0.2, 0.25) is 5.13 Å². The van der Waals surface area contributed by atoms with Crippen LogP contribution in [0.4, 0.5) is 10.8 Å². The summed E-state index contributed by atoms with van der Waals surface area (Å²) in [4.78, 5) is 38.2. The summed E-state index contributed by atoms with van der Waals surface area (Å²) >= 11 is 1.08. The van der Waals surface area contributed by atoms with Crippen molar-refractivity contribution in [2.24, 2.45) is 0 Å². The van der Waals surface area contributed by atoms with E-state index in [1.165, 1.54) is 30.3 Å². The van der Waals surface area contributed by atoms with Gasteiger partial charge in [-0.05, 0) is 30.7 Å². The fraction of sp³-hybridized carbons (Fsp3) is 0.182. The number of aryl methyl sites for hydroxylation is 1. The predicted molar refractivity (Wildman–Crippen MR) is 120 cm³/mol. The number of hydrogen-bond donors (Lipinski definition) is 1. The summed E-state index contributed by atoms with van der Waals surface area (Å²) < 4.78 is 11.1. The van der Waals surface area contributed by atoms with E-state index < -0.39 is 28.4 Å². The Labute approximate surface area is 196 Å². The Morgan fingerprint density at radius 1 is 1.15 bits per heavy atom. The molecule has 5 rings (SSSR count). The van der Waals surface area contributed by atoms with E-state index in [1.807, 2.05) is 0 Å². The smallest absolute Gasteiger partial charge is 0.301 e. The molecule has 2 aliphatic heterocycles. The van der Waals surface area contributed by atoms with Crippen LogP contribution >= 0.6 is 11.3 Å². The number of aliphatic hydroxyl groups excluding tert-OH is 1. The normalized spacial score (nSPS) is 18.9. The lowest BCUT2D eigenvalue weighted by atomic mass is 9.95. The first-order valence-corrected chi connectivity index (χ1v) is 10.9. The lowest BCUT2D eigenvalue weighted by Gasteiger charge is -2.23. The summed E-state index contributed by atoms with van der Waals surface area (Å²) in [5.41, 5.74) is 0.0392. The van der Waals surface area contributed by atoms with E-state index in [-0.39, 0.29) is 27.5 Å². The van der Waals surface area contributed by atoms with E-state index >= 15 is 0 Å². The molecule has 1 atom stereocenters.